The van der Waals surface area contributed by atoms with Gasteiger partial charge in [0.25, 0.3) is 0 Å². The second-order valence-electron chi connectivity index (χ2n) is 6.10. The van der Waals surface area contributed by atoms with Crippen LogP contribution in [0.4, 0.5) is 4.39 Å². The van der Waals surface area contributed by atoms with Gasteiger partial charge >= 0.3 is 0 Å². The number of hydrogen-bond donors (Lipinski definition) is 2. The highest BCUT2D eigenvalue weighted by atomic mass is 19.1. The summed E-state index contributed by atoms with van der Waals surface area (Å²) >= 11 is 0. The predicted octanol–water partition coefficient (Wildman–Crippen LogP) is 3.10. The highest BCUT2D eigenvalue weighted by Gasteiger charge is 2.31. The second-order valence-corrected chi connectivity index (χ2v) is 6.10. The van der Waals surface area contributed by atoms with Crippen molar-refractivity contribution in [1.29, 1.82) is 0 Å². The molecule has 2 aliphatic rings. The molecule has 1 unspecified atom stereocenters. The van der Waals surface area contributed by atoms with E-state index in [1.54, 1.807) is 6.07 Å². The minimum absolute atomic E-state index is 0.163. The molecule has 19 heavy (non-hydrogen) atoms. The maximum atomic E-state index is 13.3. The van der Waals surface area contributed by atoms with E-state index in [0.29, 0.717) is 6.54 Å². The van der Waals surface area contributed by atoms with Crippen LogP contribution in [-0.4, -0.2) is 17.3 Å². The van der Waals surface area contributed by atoms with Gasteiger partial charge in [-0.05, 0) is 48.9 Å². The monoisotopic (exact) mass is 263 g/mol. The van der Waals surface area contributed by atoms with Crippen molar-refractivity contribution >= 4 is 0 Å². The lowest BCUT2D eigenvalue weighted by atomic mass is 9.84. The van der Waals surface area contributed by atoms with Crippen LogP contribution >= 0.6 is 0 Å². The quantitative estimate of drug-likeness (QED) is 0.878. The summed E-state index contributed by atoms with van der Waals surface area (Å²) in [5.74, 6) is -0.163. The molecular weight excluding hydrogens is 241 g/mol. The summed E-state index contributed by atoms with van der Waals surface area (Å²) < 4.78 is 13.3. The second kappa shape index (κ2) is 5.22. The van der Waals surface area contributed by atoms with Gasteiger partial charge in [-0.1, -0.05) is 25.3 Å². The summed E-state index contributed by atoms with van der Waals surface area (Å²) in [4.78, 5) is 0. The van der Waals surface area contributed by atoms with Crippen LogP contribution in [0.5, 0.6) is 0 Å². The van der Waals surface area contributed by atoms with Gasteiger partial charge in [-0.25, -0.2) is 4.39 Å². The summed E-state index contributed by atoms with van der Waals surface area (Å²) in [5, 5.41) is 14.0. The van der Waals surface area contributed by atoms with E-state index in [-0.39, 0.29) is 11.9 Å². The lowest BCUT2D eigenvalue weighted by Crippen LogP contribution is -2.43. The van der Waals surface area contributed by atoms with Crippen molar-refractivity contribution in [2.24, 2.45) is 0 Å². The Morgan fingerprint density at radius 3 is 2.84 bits per heavy atom. The van der Waals surface area contributed by atoms with E-state index >= 15 is 0 Å². The summed E-state index contributed by atoms with van der Waals surface area (Å²) in [6.45, 7) is 0.633. The summed E-state index contributed by atoms with van der Waals surface area (Å²) in [5.41, 5.74) is 1.78. The van der Waals surface area contributed by atoms with E-state index in [9.17, 15) is 9.50 Å². The van der Waals surface area contributed by atoms with Gasteiger partial charge in [-0.15, -0.1) is 0 Å². The van der Waals surface area contributed by atoms with E-state index in [4.69, 9.17) is 0 Å². The number of nitrogens with one attached hydrogen (secondary N) is 1. The van der Waals surface area contributed by atoms with Crippen molar-refractivity contribution < 1.29 is 9.50 Å². The minimum atomic E-state index is -0.547. The van der Waals surface area contributed by atoms with E-state index < -0.39 is 5.60 Å². The molecular formula is C16H22FNO. The van der Waals surface area contributed by atoms with Crippen LogP contribution in [0.2, 0.25) is 0 Å². The van der Waals surface area contributed by atoms with Crippen LogP contribution < -0.4 is 5.32 Å². The van der Waals surface area contributed by atoms with Crippen molar-refractivity contribution in [3.05, 3.63) is 35.1 Å². The van der Waals surface area contributed by atoms with Gasteiger partial charge in [0.2, 0.25) is 0 Å². The maximum Gasteiger partial charge on any atom is 0.123 e. The number of hydrogen-bond acceptors (Lipinski definition) is 2. The molecule has 0 saturated heterocycles. The first-order chi connectivity index (χ1) is 9.16. The van der Waals surface area contributed by atoms with Gasteiger partial charge in [-0.2, -0.15) is 0 Å². The standard InChI is InChI=1S/C16H22FNO/c17-13-6-4-12-5-7-15(14(12)10-13)18-11-16(19)8-2-1-3-9-16/h4,6,10,15,18-19H,1-3,5,7-9,11H2. The minimum Gasteiger partial charge on any atom is -0.389 e. The summed E-state index contributed by atoms with van der Waals surface area (Å²) in [7, 11) is 0. The molecule has 3 rings (SSSR count). The molecule has 0 radical (unpaired) electrons. The molecule has 0 amide bonds. The molecule has 2 N–H and O–H groups in total. The first kappa shape index (κ1) is 13.1. The van der Waals surface area contributed by atoms with Crippen LogP contribution in [-0.2, 0) is 6.42 Å². The molecule has 3 heteroatoms. The van der Waals surface area contributed by atoms with Gasteiger partial charge in [0, 0.05) is 12.6 Å². The zero-order valence-electron chi connectivity index (χ0n) is 11.3. The number of aliphatic hydroxyl groups is 1. The zero-order valence-corrected chi connectivity index (χ0v) is 11.3. The molecule has 104 valence electrons. The summed E-state index contributed by atoms with van der Waals surface area (Å²) in [6.07, 6.45) is 7.27. The normalized spacial score (nSPS) is 25.3. The van der Waals surface area contributed by atoms with E-state index in [0.717, 1.165) is 44.1 Å². The van der Waals surface area contributed by atoms with Crippen LogP contribution in [0.15, 0.2) is 18.2 Å². The molecule has 0 spiro atoms. The molecule has 1 atom stereocenters. The SMILES string of the molecule is OC1(CNC2CCc3ccc(F)cc32)CCCCC1. The topological polar surface area (TPSA) is 32.3 Å². The van der Waals surface area contributed by atoms with Gasteiger partial charge in [0.15, 0.2) is 0 Å². The molecule has 2 nitrogen and oxygen atoms in total. The molecule has 0 heterocycles. The molecule has 0 bridgehead atoms. The fourth-order valence-corrected chi connectivity index (χ4v) is 3.49. The number of benzene rings is 1. The van der Waals surface area contributed by atoms with Crippen molar-refractivity contribution in [2.45, 2.75) is 56.6 Å². The molecule has 0 aliphatic heterocycles. The number of rotatable bonds is 3. The van der Waals surface area contributed by atoms with Crippen molar-refractivity contribution in [3.8, 4) is 0 Å². The average Bonchev–Trinajstić information content (AvgIpc) is 2.80. The van der Waals surface area contributed by atoms with E-state index in [1.807, 2.05) is 6.07 Å². The van der Waals surface area contributed by atoms with Crippen molar-refractivity contribution in [1.82, 2.24) is 5.32 Å². The third-order valence-electron chi connectivity index (χ3n) is 4.65. The molecule has 1 aromatic carbocycles. The Morgan fingerprint density at radius 2 is 2.05 bits per heavy atom. The number of halogens is 1. The Morgan fingerprint density at radius 1 is 1.26 bits per heavy atom. The van der Waals surface area contributed by atoms with Gasteiger partial charge in [-0.3, -0.25) is 0 Å². The molecule has 1 fully saturated rings. The van der Waals surface area contributed by atoms with Crippen LogP contribution in [0, 0.1) is 5.82 Å². The van der Waals surface area contributed by atoms with Gasteiger partial charge in [0.05, 0.1) is 5.60 Å². The Labute approximate surface area is 114 Å². The molecule has 0 aromatic heterocycles. The fraction of sp³-hybridized carbons (Fsp3) is 0.625. The third-order valence-corrected chi connectivity index (χ3v) is 4.65. The van der Waals surface area contributed by atoms with E-state index in [2.05, 4.69) is 5.32 Å². The smallest absolute Gasteiger partial charge is 0.123 e. The third kappa shape index (κ3) is 2.82. The van der Waals surface area contributed by atoms with Crippen LogP contribution in [0.1, 0.15) is 55.7 Å². The Balaban J connectivity index is 1.64. The number of aryl methyl sites for hydroxylation is 1. The highest BCUT2D eigenvalue weighted by molar-refractivity contribution is 5.35. The summed E-state index contributed by atoms with van der Waals surface area (Å²) in [6, 6.07) is 5.28. The van der Waals surface area contributed by atoms with Gasteiger partial charge in [0.1, 0.15) is 5.82 Å². The number of fused-ring (bicyclic) bond motifs is 1. The first-order valence-electron chi connectivity index (χ1n) is 7.40. The largest absolute Gasteiger partial charge is 0.389 e. The lowest BCUT2D eigenvalue weighted by Gasteiger charge is -2.33. The van der Waals surface area contributed by atoms with E-state index in [1.165, 1.54) is 18.1 Å². The Bertz CT molecular complexity index is 454. The highest BCUT2D eigenvalue weighted by Crippen LogP contribution is 2.33. The predicted molar refractivity (Wildman–Crippen MR) is 73.5 cm³/mol. The molecule has 1 aromatic rings. The Kier molecular flexibility index (Phi) is 3.59. The van der Waals surface area contributed by atoms with Crippen LogP contribution in [0.3, 0.4) is 0 Å². The fourth-order valence-electron chi connectivity index (χ4n) is 3.49. The Hall–Kier alpha value is -0.930. The molecule has 1 saturated carbocycles. The van der Waals surface area contributed by atoms with Gasteiger partial charge < -0.3 is 10.4 Å². The van der Waals surface area contributed by atoms with Crippen LogP contribution in [0.25, 0.3) is 0 Å². The average molecular weight is 263 g/mol. The maximum absolute atomic E-state index is 13.3. The first-order valence-corrected chi connectivity index (χ1v) is 7.40. The lowest BCUT2D eigenvalue weighted by molar-refractivity contribution is 0.00262. The zero-order chi connectivity index (χ0) is 13.3. The van der Waals surface area contributed by atoms with Crippen molar-refractivity contribution in [2.75, 3.05) is 6.54 Å². The van der Waals surface area contributed by atoms with Crippen molar-refractivity contribution in [3.63, 3.8) is 0 Å². The molecule has 2 aliphatic carbocycles.